The van der Waals surface area contributed by atoms with Gasteiger partial charge >= 0.3 is 0 Å². The first kappa shape index (κ1) is 24.0. The van der Waals surface area contributed by atoms with Crippen molar-refractivity contribution < 1.29 is 14.3 Å². The highest BCUT2D eigenvalue weighted by Gasteiger charge is 2.64. The molecule has 0 unspecified atom stereocenters. The molecule has 2 saturated carbocycles. The largest absolute Gasteiger partial charge is 0.489 e. The molecular weight excluding hydrogens is 438 g/mol. The number of rotatable bonds is 6. The zero-order valence-corrected chi connectivity index (χ0v) is 20.7. The molecule has 1 amide bonds. The fourth-order valence-corrected chi connectivity index (χ4v) is 6.59. The Morgan fingerprint density at radius 3 is 2.39 bits per heavy atom. The van der Waals surface area contributed by atoms with Crippen LogP contribution in [0.25, 0.3) is 0 Å². The van der Waals surface area contributed by atoms with E-state index in [1.165, 1.54) is 0 Å². The van der Waals surface area contributed by atoms with Crippen molar-refractivity contribution in [2.45, 2.75) is 71.6 Å². The number of nitriles is 1. The zero-order chi connectivity index (χ0) is 24.0. The van der Waals surface area contributed by atoms with Gasteiger partial charge in [0, 0.05) is 40.8 Å². The van der Waals surface area contributed by atoms with Crippen LogP contribution in [0.15, 0.2) is 18.2 Å². The first-order chi connectivity index (χ1) is 15.6. The normalized spacial score (nSPS) is 30.9. The molecule has 0 spiro atoms. The summed E-state index contributed by atoms with van der Waals surface area (Å²) in [7, 11) is 0. The molecule has 3 fully saturated rings. The number of ether oxygens (including phenoxy) is 1. The summed E-state index contributed by atoms with van der Waals surface area (Å²) in [4.78, 5) is 26.5. The van der Waals surface area contributed by atoms with Gasteiger partial charge in [-0.2, -0.15) is 5.26 Å². The van der Waals surface area contributed by atoms with Gasteiger partial charge in [0.15, 0.2) is 0 Å². The molecule has 7 heteroatoms. The molecule has 0 bridgehead atoms. The van der Waals surface area contributed by atoms with E-state index < -0.39 is 0 Å². The van der Waals surface area contributed by atoms with Crippen LogP contribution in [0.3, 0.4) is 0 Å². The average Bonchev–Trinajstić information content (AvgIpc) is 2.75. The first-order valence-electron chi connectivity index (χ1n) is 11.9. The zero-order valence-electron chi connectivity index (χ0n) is 19.9. The summed E-state index contributed by atoms with van der Waals surface area (Å²) < 4.78 is 6.31. The molecule has 6 nitrogen and oxygen atoms in total. The molecule has 0 atom stereocenters. The summed E-state index contributed by atoms with van der Waals surface area (Å²) in [6.45, 7) is 10.4. The lowest BCUT2D eigenvalue weighted by molar-refractivity contribution is -0.176. The highest BCUT2D eigenvalue weighted by atomic mass is 35.5. The Labute approximate surface area is 201 Å². The number of halogens is 1. The highest BCUT2D eigenvalue weighted by molar-refractivity contribution is 6.31. The maximum atomic E-state index is 13.0. The second-order valence-corrected chi connectivity index (χ2v) is 11.6. The van der Waals surface area contributed by atoms with Gasteiger partial charge in [0.2, 0.25) is 5.91 Å². The van der Waals surface area contributed by atoms with Gasteiger partial charge in [0.1, 0.15) is 24.2 Å². The number of likely N-dealkylation sites (tertiary alicyclic amines) is 1. The van der Waals surface area contributed by atoms with E-state index >= 15 is 0 Å². The minimum Gasteiger partial charge on any atom is -0.489 e. The molecule has 178 valence electrons. The second kappa shape index (κ2) is 8.92. The van der Waals surface area contributed by atoms with Gasteiger partial charge in [0.05, 0.1) is 10.6 Å². The molecule has 1 heterocycles. The molecule has 2 aliphatic carbocycles. The Bertz CT molecular complexity index is 940. The van der Waals surface area contributed by atoms with Crippen LogP contribution in [-0.2, 0) is 9.59 Å². The fraction of sp³-hybridized carbons (Fsp3) is 0.654. The summed E-state index contributed by atoms with van der Waals surface area (Å²) in [6.07, 6.45) is 4.65. The van der Waals surface area contributed by atoms with Crippen LogP contribution >= 0.6 is 11.6 Å². The molecule has 0 aromatic heterocycles. The van der Waals surface area contributed by atoms with Crippen LogP contribution in [0.2, 0.25) is 5.02 Å². The van der Waals surface area contributed by atoms with E-state index in [0.29, 0.717) is 22.4 Å². The van der Waals surface area contributed by atoms with E-state index in [2.05, 4.69) is 44.0 Å². The lowest BCUT2D eigenvalue weighted by Crippen LogP contribution is -2.75. The third-order valence-electron chi connectivity index (χ3n) is 8.21. The summed E-state index contributed by atoms with van der Waals surface area (Å²) in [5, 5.41) is 12.8. The quantitative estimate of drug-likeness (QED) is 0.629. The van der Waals surface area contributed by atoms with Crippen LogP contribution in [0.4, 0.5) is 0 Å². The van der Waals surface area contributed by atoms with Crippen LogP contribution in [0, 0.1) is 34.0 Å². The highest BCUT2D eigenvalue weighted by Crippen LogP contribution is 2.56. The summed E-state index contributed by atoms with van der Waals surface area (Å²) in [5.74, 6) is 1.04. The number of nitrogens with zero attached hydrogens (tertiary/aromatic N) is 2. The van der Waals surface area contributed by atoms with E-state index in [0.717, 1.165) is 45.1 Å². The number of hydrogen-bond donors (Lipinski definition) is 1. The van der Waals surface area contributed by atoms with E-state index in [1.54, 1.807) is 18.2 Å². The van der Waals surface area contributed by atoms with Crippen molar-refractivity contribution >= 4 is 23.8 Å². The number of piperidine rings is 1. The minimum atomic E-state index is -0.251. The molecular formula is C26H34ClN3O3. The number of carbonyl (C=O) groups excluding carboxylic acids is 2. The molecule has 0 radical (unpaired) electrons. The van der Waals surface area contributed by atoms with Gasteiger partial charge < -0.3 is 19.7 Å². The van der Waals surface area contributed by atoms with Gasteiger partial charge in [-0.3, -0.25) is 4.79 Å². The molecule has 33 heavy (non-hydrogen) atoms. The Balaban J connectivity index is 1.32. The topological polar surface area (TPSA) is 82.4 Å². The second-order valence-electron chi connectivity index (χ2n) is 11.2. The number of carbonyl (C=O) groups is 2. The molecule has 1 aliphatic heterocycles. The van der Waals surface area contributed by atoms with Crippen LogP contribution in [0.1, 0.15) is 58.9 Å². The molecule has 1 saturated heterocycles. The van der Waals surface area contributed by atoms with Gasteiger partial charge in [0.25, 0.3) is 0 Å². The van der Waals surface area contributed by atoms with Crippen molar-refractivity contribution in [1.82, 2.24) is 10.2 Å². The average molecular weight is 472 g/mol. The third-order valence-corrected chi connectivity index (χ3v) is 8.52. The number of amides is 1. The van der Waals surface area contributed by atoms with Gasteiger partial charge in [-0.25, -0.2) is 0 Å². The lowest BCUT2D eigenvalue weighted by Gasteiger charge is -2.63. The number of aldehydes is 1. The van der Waals surface area contributed by atoms with E-state index in [4.69, 9.17) is 21.6 Å². The predicted octanol–water partition coefficient (Wildman–Crippen LogP) is 4.20. The SMILES string of the molecule is CC1(C)[C@H](NC(=O)C2CC(N3CCC(C=O)CC3)C2)C(C)(C)[C@H]1Oc1ccc(C#N)c(Cl)c1. The molecule has 4 rings (SSSR count). The van der Waals surface area contributed by atoms with E-state index in [-0.39, 0.29) is 40.7 Å². The maximum Gasteiger partial charge on any atom is 0.223 e. The summed E-state index contributed by atoms with van der Waals surface area (Å²) in [5.41, 5.74) is -0.0769. The van der Waals surface area contributed by atoms with Crippen LogP contribution in [-0.4, -0.2) is 48.4 Å². The van der Waals surface area contributed by atoms with Crippen molar-refractivity contribution in [2.24, 2.45) is 22.7 Å². The van der Waals surface area contributed by atoms with Gasteiger partial charge in [-0.15, -0.1) is 0 Å². The standard InChI is InChI=1S/C26H34ClN3O3/c1-25(2)23(26(3,4)24(25)33-20-6-5-17(14-28)21(27)13-20)29-22(32)18-11-19(12-18)30-9-7-16(15-31)8-10-30/h5-6,13,15-16,18-19,23-24H,7-12H2,1-4H3,(H,29,32)/t18?,19?,23-,24-. The van der Waals surface area contributed by atoms with Crippen molar-refractivity contribution in [3.05, 3.63) is 28.8 Å². The minimum absolute atomic E-state index is 0.00117. The fourth-order valence-electron chi connectivity index (χ4n) is 6.38. The van der Waals surface area contributed by atoms with E-state index in [9.17, 15) is 9.59 Å². The molecule has 3 aliphatic rings. The molecule has 1 N–H and O–H groups in total. The summed E-state index contributed by atoms with van der Waals surface area (Å²) >= 11 is 6.18. The van der Waals surface area contributed by atoms with Gasteiger partial charge in [-0.1, -0.05) is 39.3 Å². The van der Waals surface area contributed by atoms with Gasteiger partial charge in [-0.05, 0) is 50.9 Å². The first-order valence-corrected chi connectivity index (χ1v) is 12.3. The Hall–Kier alpha value is -2.10. The number of benzene rings is 1. The van der Waals surface area contributed by atoms with Crippen molar-refractivity contribution in [3.8, 4) is 11.8 Å². The van der Waals surface area contributed by atoms with Crippen molar-refractivity contribution in [2.75, 3.05) is 13.1 Å². The lowest BCUT2D eigenvalue weighted by atomic mass is 9.49. The Kier molecular flexibility index (Phi) is 6.50. The molecule has 1 aromatic carbocycles. The predicted molar refractivity (Wildman–Crippen MR) is 127 cm³/mol. The van der Waals surface area contributed by atoms with E-state index in [1.807, 2.05) is 0 Å². The number of nitrogens with one attached hydrogen (secondary N) is 1. The Morgan fingerprint density at radius 2 is 1.85 bits per heavy atom. The molecule has 1 aromatic rings. The van der Waals surface area contributed by atoms with Crippen molar-refractivity contribution in [3.63, 3.8) is 0 Å². The van der Waals surface area contributed by atoms with Crippen LogP contribution in [0.5, 0.6) is 5.75 Å². The smallest absolute Gasteiger partial charge is 0.223 e. The third kappa shape index (κ3) is 4.38. The summed E-state index contributed by atoms with van der Waals surface area (Å²) in [6, 6.07) is 7.66. The number of hydrogen-bond acceptors (Lipinski definition) is 5. The maximum absolute atomic E-state index is 13.0. The van der Waals surface area contributed by atoms with Crippen molar-refractivity contribution in [1.29, 1.82) is 5.26 Å². The van der Waals surface area contributed by atoms with Crippen LogP contribution < -0.4 is 10.1 Å². The Morgan fingerprint density at radius 1 is 1.21 bits per heavy atom. The monoisotopic (exact) mass is 471 g/mol.